The van der Waals surface area contributed by atoms with E-state index in [9.17, 15) is 0 Å². The SMILES string of the molecule is c1ccc(-c2ccc(N(c3ccc(-c4cccc5c4-c4ccccc4C54CCCCC4)cc3)c3cccc(-c4cccc5c4-c4ccccc4C54C5CC6CC(C5)CC4C6)c3)cc2)cc1. The van der Waals surface area contributed by atoms with Crippen molar-refractivity contribution in [1.82, 2.24) is 0 Å². The maximum atomic E-state index is 2.53. The summed E-state index contributed by atoms with van der Waals surface area (Å²) in [6, 6.07) is 72.1. The highest BCUT2D eigenvalue weighted by Gasteiger charge is 2.61. The highest BCUT2D eigenvalue weighted by molar-refractivity contribution is 5.96. The molecule has 0 aliphatic heterocycles. The number of hydrogen-bond acceptors (Lipinski definition) is 1. The molecule has 1 nitrogen and oxygen atoms in total. The lowest BCUT2D eigenvalue weighted by atomic mass is 9.43. The van der Waals surface area contributed by atoms with Gasteiger partial charge in [0.2, 0.25) is 0 Å². The maximum absolute atomic E-state index is 2.53. The van der Waals surface area contributed by atoms with Crippen molar-refractivity contribution in [2.75, 3.05) is 4.90 Å². The average Bonchev–Trinajstić information content (AvgIpc) is 3.81. The molecule has 0 heterocycles. The van der Waals surface area contributed by atoms with Crippen molar-refractivity contribution in [1.29, 1.82) is 0 Å². The first-order valence-electron chi connectivity index (χ1n) is 24.8. The highest BCUT2D eigenvalue weighted by Crippen LogP contribution is 2.70. The van der Waals surface area contributed by atoms with Crippen LogP contribution in [0.25, 0.3) is 55.6 Å². The summed E-state index contributed by atoms with van der Waals surface area (Å²) in [7, 11) is 0. The van der Waals surface area contributed by atoms with Crippen LogP contribution in [-0.2, 0) is 10.8 Å². The first kappa shape index (κ1) is 37.9. The van der Waals surface area contributed by atoms with Gasteiger partial charge in [0.25, 0.3) is 0 Å². The summed E-state index contributed by atoms with van der Waals surface area (Å²) in [4.78, 5) is 2.47. The van der Waals surface area contributed by atoms with Gasteiger partial charge in [-0.2, -0.15) is 0 Å². The van der Waals surface area contributed by atoms with E-state index in [2.05, 4.69) is 193 Å². The molecule has 4 bridgehead atoms. The summed E-state index contributed by atoms with van der Waals surface area (Å²) in [5.41, 5.74) is 23.7. The van der Waals surface area contributed by atoms with E-state index in [0.29, 0.717) is 0 Å². The Hall–Kier alpha value is -6.44. The highest BCUT2D eigenvalue weighted by atomic mass is 15.1. The van der Waals surface area contributed by atoms with Crippen LogP contribution >= 0.6 is 0 Å². The molecule has 5 fully saturated rings. The average molecular weight is 838 g/mol. The molecule has 0 unspecified atom stereocenters. The van der Waals surface area contributed by atoms with Gasteiger partial charge in [0.15, 0.2) is 0 Å². The number of benzene rings is 8. The van der Waals surface area contributed by atoms with Crippen molar-refractivity contribution >= 4 is 17.1 Å². The molecule has 316 valence electrons. The molecule has 0 amide bonds. The van der Waals surface area contributed by atoms with Crippen LogP contribution in [-0.4, -0.2) is 0 Å². The Morgan fingerprint density at radius 3 is 1.52 bits per heavy atom. The second-order valence-corrected chi connectivity index (χ2v) is 20.7. The molecule has 15 rings (SSSR count). The second kappa shape index (κ2) is 14.5. The van der Waals surface area contributed by atoms with Gasteiger partial charge in [-0.1, -0.05) is 171 Å². The number of fused-ring (bicyclic) bond motifs is 8. The smallest absolute Gasteiger partial charge is 0.0467 e. The van der Waals surface area contributed by atoms with Crippen LogP contribution in [0.1, 0.15) is 86.5 Å². The van der Waals surface area contributed by atoms with Gasteiger partial charge in [-0.3, -0.25) is 0 Å². The largest absolute Gasteiger partial charge is 0.310 e. The van der Waals surface area contributed by atoms with E-state index >= 15 is 0 Å². The summed E-state index contributed by atoms with van der Waals surface area (Å²) in [6.45, 7) is 0. The predicted molar refractivity (Wildman–Crippen MR) is 270 cm³/mol. The zero-order chi connectivity index (χ0) is 42.7. The Morgan fingerprint density at radius 1 is 0.338 bits per heavy atom. The minimum absolute atomic E-state index is 0.144. The number of anilines is 3. The van der Waals surface area contributed by atoms with Gasteiger partial charge in [-0.15, -0.1) is 0 Å². The van der Waals surface area contributed by atoms with Crippen molar-refractivity contribution in [3.05, 3.63) is 210 Å². The Labute approximate surface area is 384 Å². The van der Waals surface area contributed by atoms with E-state index in [1.165, 1.54) is 126 Å². The molecule has 65 heavy (non-hydrogen) atoms. The first-order chi connectivity index (χ1) is 32.2. The molecular formula is C64H55N. The van der Waals surface area contributed by atoms with Gasteiger partial charge in [0.1, 0.15) is 0 Å². The fraction of sp³-hybridized carbons (Fsp3) is 0.250. The van der Waals surface area contributed by atoms with Crippen molar-refractivity contribution < 1.29 is 0 Å². The normalized spacial score (nSPS) is 23.6. The molecule has 0 atom stereocenters. The molecular weight excluding hydrogens is 783 g/mol. The van der Waals surface area contributed by atoms with E-state index in [4.69, 9.17) is 0 Å². The van der Waals surface area contributed by atoms with Gasteiger partial charge in [-0.05, 0) is 183 Å². The molecule has 8 aromatic rings. The summed E-state index contributed by atoms with van der Waals surface area (Å²) in [5, 5.41) is 0. The van der Waals surface area contributed by atoms with Gasteiger partial charge in [0, 0.05) is 27.9 Å². The van der Waals surface area contributed by atoms with Crippen LogP contribution in [0.5, 0.6) is 0 Å². The lowest BCUT2D eigenvalue weighted by Crippen LogP contribution is -2.55. The zero-order valence-electron chi connectivity index (χ0n) is 37.2. The van der Waals surface area contributed by atoms with Crippen molar-refractivity contribution in [3.8, 4) is 55.6 Å². The number of hydrogen-bond donors (Lipinski definition) is 0. The minimum atomic E-state index is 0.144. The quantitative estimate of drug-likeness (QED) is 0.161. The summed E-state index contributed by atoms with van der Waals surface area (Å²) in [6.07, 6.45) is 13.5. The Bertz CT molecular complexity index is 3100. The van der Waals surface area contributed by atoms with Crippen LogP contribution in [0.4, 0.5) is 17.1 Å². The molecule has 0 radical (unpaired) electrons. The standard InChI is InChI=1S/C64H55N/c1-3-14-44(15-4-1)45-26-30-50(31-27-45)65(51-32-28-46(29-33-51)53-20-12-24-59-61(53)55-18-5-7-22-57(55)63(59)34-9-2-10-35-63)52-17-11-16-47(41-52)54-21-13-25-60-62(54)56-19-6-8-23-58(56)64(60)48-37-42-36-43(39-48)40-49(64)38-42/h1,3-8,11-33,41-43,48-49H,2,9-10,34-40H2. The van der Waals surface area contributed by atoms with Crippen molar-refractivity contribution in [2.45, 2.75) is 75.0 Å². The fourth-order valence-electron chi connectivity index (χ4n) is 15.4. The Balaban J connectivity index is 0.890. The predicted octanol–water partition coefficient (Wildman–Crippen LogP) is 17.1. The monoisotopic (exact) mass is 837 g/mol. The molecule has 2 spiro atoms. The second-order valence-electron chi connectivity index (χ2n) is 20.7. The molecule has 7 aliphatic rings. The lowest BCUT2D eigenvalue weighted by Gasteiger charge is -2.61. The number of rotatable bonds is 6. The van der Waals surface area contributed by atoms with Crippen LogP contribution in [0, 0.1) is 23.7 Å². The van der Waals surface area contributed by atoms with Crippen LogP contribution in [0.15, 0.2) is 188 Å². The van der Waals surface area contributed by atoms with E-state index in [1.54, 1.807) is 22.3 Å². The Kier molecular flexibility index (Phi) is 8.47. The van der Waals surface area contributed by atoms with Gasteiger partial charge >= 0.3 is 0 Å². The molecule has 1 heteroatoms. The maximum Gasteiger partial charge on any atom is 0.0467 e. The molecule has 0 N–H and O–H groups in total. The van der Waals surface area contributed by atoms with Crippen molar-refractivity contribution in [2.24, 2.45) is 23.7 Å². The van der Waals surface area contributed by atoms with Crippen LogP contribution < -0.4 is 4.90 Å². The van der Waals surface area contributed by atoms with Crippen molar-refractivity contribution in [3.63, 3.8) is 0 Å². The summed E-state index contributed by atoms with van der Waals surface area (Å²) >= 11 is 0. The first-order valence-corrected chi connectivity index (χ1v) is 24.8. The minimum Gasteiger partial charge on any atom is -0.310 e. The lowest BCUT2D eigenvalue weighted by molar-refractivity contribution is -0.0399. The summed E-state index contributed by atoms with van der Waals surface area (Å²) in [5.74, 6) is 3.36. The molecule has 0 aromatic heterocycles. The molecule has 8 aromatic carbocycles. The number of nitrogens with zero attached hydrogens (tertiary/aromatic N) is 1. The summed E-state index contributed by atoms with van der Waals surface area (Å²) < 4.78 is 0. The van der Waals surface area contributed by atoms with E-state index in [-0.39, 0.29) is 10.8 Å². The van der Waals surface area contributed by atoms with Crippen LogP contribution in [0.2, 0.25) is 0 Å². The molecule has 7 aliphatic carbocycles. The van der Waals surface area contributed by atoms with Gasteiger partial charge in [-0.25, -0.2) is 0 Å². The van der Waals surface area contributed by atoms with E-state index in [1.807, 2.05) is 0 Å². The van der Waals surface area contributed by atoms with E-state index in [0.717, 1.165) is 35.0 Å². The third kappa shape index (κ3) is 5.51. The molecule has 0 saturated heterocycles. The zero-order valence-corrected chi connectivity index (χ0v) is 37.2. The van der Waals surface area contributed by atoms with Gasteiger partial charge in [0.05, 0.1) is 0 Å². The van der Waals surface area contributed by atoms with Crippen LogP contribution in [0.3, 0.4) is 0 Å². The Morgan fingerprint density at radius 2 is 0.831 bits per heavy atom. The van der Waals surface area contributed by atoms with Gasteiger partial charge < -0.3 is 4.90 Å². The van der Waals surface area contributed by atoms with E-state index < -0.39 is 0 Å². The third-order valence-corrected chi connectivity index (χ3v) is 17.7. The molecule has 5 saturated carbocycles. The third-order valence-electron chi connectivity index (χ3n) is 17.7. The topological polar surface area (TPSA) is 3.24 Å². The fourth-order valence-corrected chi connectivity index (χ4v) is 15.4.